The van der Waals surface area contributed by atoms with Gasteiger partial charge in [0.05, 0.1) is 12.0 Å². The van der Waals surface area contributed by atoms with E-state index in [1.165, 1.54) is 0 Å². The molecular weight excluding hydrogens is 330 g/mol. The Kier molecular flexibility index (Phi) is 4.98. The first-order valence-corrected chi connectivity index (χ1v) is 8.75. The van der Waals surface area contributed by atoms with E-state index in [4.69, 9.17) is 9.47 Å². The van der Waals surface area contributed by atoms with E-state index in [0.29, 0.717) is 29.2 Å². The number of hydrogen-bond acceptors (Lipinski definition) is 4. The summed E-state index contributed by atoms with van der Waals surface area (Å²) >= 11 is 0. The summed E-state index contributed by atoms with van der Waals surface area (Å²) in [6, 6.07) is 12.8. The predicted molar refractivity (Wildman–Crippen MR) is 100 cm³/mol. The molecule has 0 fully saturated rings. The third-order valence-electron chi connectivity index (χ3n) is 4.25. The molecule has 1 N–H and O–H groups in total. The van der Waals surface area contributed by atoms with E-state index in [1.807, 2.05) is 45.0 Å². The fourth-order valence-corrected chi connectivity index (χ4v) is 3.01. The number of ketones is 1. The summed E-state index contributed by atoms with van der Waals surface area (Å²) < 4.78 is 11.4. The van der Waals surface area contributed by atoms with Gasteiger partial charge in [0.15, 0.2) is 12.4 Å². The lowest BCUT2D eigenvalue weighted by atomic mass is 9.93. The summed E-state index contributed by atoms with van der Waals surface area (Å²) in [4.78, 5) is 24.5. The average Bonchev–Trinajstić information content (AvgIpc) is 2.60. The molecule has 1 aliphatic heterocycles. The molecule has 2 aromatic rings. The first-order chi connectivity index (χ1) is 12.4. The molecule has 0 aromatic heterocycles. The Morgan fingerprint density at radius 2 is 2.00 bits per heavy atom. The van der Waals surface area contributed by atoms with Crippen molar-refractivity contribution in [3.8, 4) is 11.5 Å². The zero-order valence-corrected chi connectivity index (χ0v) is 15.3. The first kappa shape index (κ1) is 18.0. The second-order valence-electron chi connectivity index (χ2n) is 6.97. The van der Waals surface area contributed by atoms with Crippen molar-refractivity contribution < 1.29 is 19.1 Å². The molecule has 0 aliphatic carbocycles. The van der Waals surface area contributed by atoms with Crippen LogP contribution >= 0.6 is 0 Å². The maximum Gasteiger partial charge on any atom is 0.262 e. The van der Waals surface area contributed by atoms with Crippen LogP contribution < -0.4 is 14.8 Å². The summed E-state index contributed by atoms with van der Waals surface area (Å²) in [7, 11) is 0. The highest BCUT2D eigenvalue weighted by molar-refractivity contribution is 6.02. The van der Waals surface area contributed by atoms with Crippen molar-refractivity contribution in [2.45, 2.75) is 39.2 Å². The molecule has 0 saturated carbocycles. The molecule has 0 atom stereocenters. The Bertz CT molecular complexity index is 842. The van der Waals surface area contributed by atoms with Crippen LogP contribution in [0.1, 0.15) is 43.1 Å². The number of aryl methyl sites for hydroxylation is 1. The highest BCUT2D eigenvalue weighted by Crippen LogP contribution is 2.34. The number of para-hydroxylation sites is 1. The minimum Gasteiger partial charge on any atom is -0.487 e. The molecule has 136 valence electrons. The number of Topliss-reactive ketones (excluding diaryl/α,β-unsaturated/α-hetero) is 1. The highest BCUT2D eigenvalue weighted by Gasteiger charge is 2.32. The molecule has 5 heteroatoms. The molecule has 1 heterocycles. The summed E-state index contributed by atoms with van der Waals surface area (Å²) in [6.45, 7) is 5.71. The molecule has 0 radical (unpaired) electrons. The van der Waals surface area contributed by atoms with Gasteiger partial charge in [0.2, 0.25) is 0 Å². The largest absolute Gasteiger partial charge is 0.487 e. The summed E-state index contributed by atoms with van der Waals surface area (Å²) in [5, 5.41) is 2.77. The number of amides is 1. The van der Waals surface area contributed by atoms with Crippen molar-refractivity contribution in [3.05, 3.63) is 53.6 Å². The highest BCUT2D eigenvalue weighted by atomic mass is 16.5. The number of rotatable bonds is 5. The van der Waals surface area contributed by atoms with Gasteiger partial charge >= 0.3 is 0 Å². The Labute approximate surface area is 153 Å². The number of nitrogens with one attached hydrogen (secondary N) is 1. The lowest BCUT2D eigenvalue weighted by Crippen LogP contribution is -2.35. The fraction of sp³-hybridized carbons (Fsp3) is 0.333. The van der Waals surface area contributed by atoms with Gasteiger partial charge in [0.1, 0.15) is 17.1 Å². The van der Waals surface area contributed by atoms with Gasteiger partial charge in [-0.3, -0.25) is 9.59 Å². The SMILES string of the molecule is CCc1ccccc1OCC(=O)Nc1ccc2c(c1)C(=O)CC(C)(C)O2. The number of hydrogen-bond donors (Lipinski definition) is 1. The Morgan fingerprint density at radius 1 is 1.23 bits per heavy atom. The standard InChI is InChI=1S/C21H23NO4/c1-4-14-7-5-6-8-18(14)25-13-20(24)22-15-9-10-19-16(11-15)17(23)12-21(2,3)26-19/h5-11H,4,12-13H2,1-3H3,(H,22,24). The van der Waals surface area contributed by atoms with Crippen LogP contribution in [0.25, 0.3) is 0 Å². The number of carbonyl (C=O) groups excluding carboxylic acids is 2. The van der Waals surface area contributed by atoms with Gasteiger partial charge in [0, 0.05) is 5.69 Å². The van der Waals surface area contributed by atoms with Crippen molar-refractivity contribution in [1.82, 2.24) is 0 Å². The van der Waals surface area contributed by atoms with Gasteiger partial charge < -0.3 is 14.8 Å². The average molecular weight is 353 g/mol. The fourth-order valence-electron chi connectivity index (χ4n) is 3.01. The van der Waals surface area contributed by atoms with Crippen LogP contribution in [0.3, 0.4) is 0 Å². The van der Waals surface area contributed by atoms with Gasteiger partial charge in [-0.1, -0.05) is 25.1 Å². The van der Waals surface area contributed by atoms with E-state index in [1.54, 1.807) is 18.2 Å². The van der Waals surface area contributed by atoms with Crippen molar-refractivity contribution in [2.75, 3.05) is 11.9 Å². The number of carbonyl (C=O) groups is 2. The van der Waals surface area contributed by atoms with Gasteiger partial charge in [0.25, 0.3) is 5.91 Å². The molecule has 3 rings (SSSR count). The number of benzene rings is 2. The zero-order valence-electron chi connectivity index (χ0n) is 15.3. The molecule has 0 spiro atoms. The van der Waals surface area contributed by atoms with Crippen molar-refractivity contribution in [3.63, 3.8) is 0 Å². The van der Waals surface area contributed by atoms with E-state index in [9.17, 15) is 9.59 Å². The summed E-state index contributed by atoms with van der Waals surface area (Å²) in [5.74, 6) is 1.000. The predicted octanol–water partition coefficient (Wildman–Crippen LogP) is 4.01. The smallest absolute Gasteiger partial charge is 0.262 e. The molecule has 2 aromatic carbocycles. The van der Waals surface area contributed by atoms with Gasteiger partial charge in [-0.2, -0.15) is 0 Å². The molecule has 1 amide bonds. The van der Waals surface area contributed by atoms with Crippen LogP contribution in [0.15, 0.2) is 42.5 Å². The van der Waals surface area contributed by atoms with E-state index >= 15 is 0 Å². The Balaban J connectivity index is 1.65. The Morgan fingerprint density at radius 3 is 2.77 bits per heavy atom. The maximum atomic E-state index is 12.3. The molecule has 1 aliphatic rings. The molecule has 0 saturated heterocycles. The van der Waals surface area contributed by atoms with Crippen LogP contribution in [0.4, 0.5) is 5.69 Å². The van der Waals surface area contributed by atoms with E-state index in [2.05, 4.69) is 5.32 Å². The van der Waals surface area contributed by atoms with Gasteiger partial charge in [-0.15, -0.1) is 0 Å². The quantitative estimate of drug-likeness (QED) is 0.882. The topological polar surface area (TPSA) is 64.6 Å². The number of ether oxygens (including phenoxy) is 2. The summed E-state index contributed by atoms with van der Waals surface area (Å²) in [6.07, 6.45) is 1.15. The van der Waals surface area contributed by atoms with E-state index < -0.39 is 5.60 Å². The first-order valence-electron chi connectivity index (χ1n) is 8.75. The monoisotopic (exact) mass is 353 g/mol. The maximum absolute atomic E-state index is 12.3. The molecule has 26 heavy (non-hydrogen) atoms. The molecule has 5 nitrogen and oxygen atoms in total. The third kappa shape index (κ3) is 4.04. The van der Waals surface area contributed by atoms with Crippen LogP contribution in [0.5, 0.6) is 11.5 Å². The zero-order chi connectivity index (χ0) is 18.7. The van der Waals surface area contributed by atoms with Crippen LogP contribution in [-0.2, 0) is 11.2 Å². The lowest BCUT2D eigenvalue weighted by Gasteiger charge is -2.31. The van der Waals surface area contributed by atoms with Crippen LogP contribution in [-0.4, -0.2) is 23.9 Å². The number of anilines is 1. The van der Waals surface area contributed by atoms with E-state index in [0.717, 1.165) is 12.0 Å². The normalized spacial score (nSPS) is 15.0. The second kappa shape index (κ2) is 7.20. The lowest BCUT2D eigenvalue weighted by molar-refractivity contribution is -0.118. The van der Waals surface area contributed by atoms with Crippen molar-refractivity contribution in [1.29, 1.82) is 0 Å². The van der Waals surface area contributed by atoms with E-state index in [-0.39, 0.29) is 18.3 Å². The Hall–Kier alpha value is -2.82. The third-order valence-corrected chi connectivity index (χ3v) is 4.25. The molecule has 0 unspecified atom stereocenters. The minimum absolute atomic E-state index is 0.0143. The van der Waals surface area contributed by atoms with Crippen molar-refractivity contribution >= 4 is 17.4 Å². The molecular formula is C21H23NO4. The van der Waals surface area contributed by atoms with Gasteiger partial charge in [-0.05, 0) is 50.1 Å². The number of fused-ring (bicyclic) bond motifs is 1. The van der Waals surface area contributed by atoms with Crippen LogP contribution in [0.2, 0.25) is 0 Å². The van der Waals surface area contributed by atoms with Crippen LogP contribution in [0, 0.1) is 0 Å². The summed E-state index contributed by atoms with van der Waals surface area (Å²) in [5.41, 5.74) is 1.60. The van der Waals surface area contributed by atoms with Gasteiger partial charge in [-0.25, -0.2) is 0 Å². The van der Waals surface area contributed by atoms with Crippen molar-refractivity contribution in [2.24, 2.45) is 0 Å². The molecule has 0 bridgehead atoms. The minimum atomic E-state index is -0.505. The second-order valence-corrected chi connectivity index (χ2v) is 6.97.